The number of carbonyl (C=O) groups excluding carboxylic acids is 1. The van der Waals surface area contributed by atoms with Crippen LogP contribution in [0.5, 0.6) is 5.75 Å². The molecule has 30 heavy (non-hydrogen) atoms. The summed E-state index contributed by atoms with van der Waals surface area (Å²) in [5.74, 6) is 1.01. The molecular weight excluding hydrogens is 398 g/mol. The third-order valence-electron chi connectivity index (χ3n) is 5.81. The van der Waals surface area contributed by atoms with Crippen molar-refractivity contribution in [3.63, 3.8) is 0 Å². The van der Waals surface area contributed by atoms with E-state index in [-0.39, 0.29) is 11.7 Å². The summed E-state index contributed by atoms with van der Waals surface area (Å²) in [5, 5.41) is 5.45. The van der Waals surface area contributed by atoms with Gasteiger partial charge in [-0.1, -0.05) is 35.9 Å². The van der Waals surface area contributed by atoms with Gasteiger partial charge in [-0.2, -0.15) is 5.10 Å². The molecule has 1 aliphatic carbocycles. The molecule has 5 nitrogen and oxygen atoms in total. The minimum Gasteiger partial charge on any atom is -0.497 e. The van der Waals surface area contributed by atoms with Gasteiger partial charge in [0.05, 0.1) is 24.1 Å². The number of hydrogen-bond donors (Lipinski definition) is 0. The molecule has 0 spiro atoms. The van der Waals surface area contributed by atoms with Gasteiger partial charge in [-0.25, -0.2) is 9.50 Å². The molecule has 0 radical (unpaired) electrons. The van der Waals surface area contributed by atoms with Crippen molar-refractivity contribution >= 4 is 23.0 Å². The van der Waals surface area contributed by atoms with Crippen LogP contribution < -0.4 is 4.74 Å². The van der Waals surface area contributed by atoms with E-state index in [4.69, 9.17) is 21.4 Å². The Hall–Kier alpha value is -3.18. The van der Waals surface area contributed by atoms with Crippen molar-refractivity contribution < 1.29 is 9.53 Å². The van der Waals surface area contributed by atoms with E-state index in [0.29, 0.717) is 17.0 Å². The number of methoxy groups -OCH3 is 1. The summed E-state index contributed by atoms with van der Waals surface area (Å²) >= 11 is 6.05. The van der Waals surface area contributed by atoms with Crippen LogP contribution in [-0.4, -0.2) is 27.5 Å². The van der Waals surface area contributed by atoms with Gasteiger partial charge in [0.15, 0.2) is 11.4 Å². The van der Waals surface area contributed by atoms with Crippen molar-refractivity contribution in [2.75, 3.05) is 7.11 Å². The number of rotatable bonds is 3. The number of fused-ring (bicyclic) bond motifs is 3. The van der Waals surface area contributed by atoms with E-state index in [1.807, 2.05) is 60.0 Å². The monoisotopic (exact) mass is 417 g/mol. The van der Waals surface area contributed by atoms with Crippen LogP contribution in [-0.2, 0) is 6.42 Å². The lowest BCUT2D eigenvalue weighted by atomic mass is 9.82. The first-order valence-electron chi connectivity index (χ1n) is 9.85. The average molecular weight is 418 g/mol. The maximum atomic E-state index is 12.9. The number of ether oxygens (including phenoxy) is 1. The fourth-order valence-corrected chi connectivity index (χ4v) is 4.40. The lowest BCUT2D eigenvalue weighted by molar-refractivity contribution is 0.0962. The van der Waals surface area contributed by atoms with Crippen LogP contribution in [0.15, 0.2) is 54.7 Å². The SMILES string of the molecule is COc1ccc([C@@H]2CC(=O)c3cnc4c(-c5ccc(Cl)cc5)c(C)nn4c3C2)cc1. The lowest BCUT2D eigenvalue weighted by Crippen LogP contribution is -2.22. The Morgan fingerprint density at radius 3 is 2.50 bits per heavy atom. The van der Waals surface area contributed by atoms with E-state index in [0.717, 1.165) is 45.9 Å². The molecule has 0 saturated heterocycles. The zero-order valence-corrected chi connectivity index (χ0v) is 17.5. The highest BCUT2D eigenvalue weighted by Crippen LogP contribution is 2.35. The van der Waals surface area contributed by atoms with Gasteiger partial charge < -0.3 is 4.74 Å². The molecule has 0 unspecified atom stereocenters. The lowest BCUT2D eigenvalue weighted by Gasteiger charge is -2.24. The molecule has 2 aromatic carbocycles. The smallest absolute Gasteiger partial charge is 0.166 e. The summed E-state index contributed by atoms with van der Waals surface area (Å²) in [6.45, 7) is 1.97. The predicted octanol–water partition coefficient (Wildman–Crippen LogP) is 5.28. The third-order valence-corrected chi connectivity index (χ3v) is 6.06. The summed E-state index contributed by atoms with van der Waals surface area (Å²) in [7, 11) is 1.65. The van der Waals surface area contributed by atoms with Crippen molar-refractivity contribution in [2.24, 2.45) is 0 Å². The highest BCUT2D eigenvalue weighted by Gasteiger charge is 2.30. The summed E-state index contributed by atoms with van der Waals surface area (Å²) < 4.78 is 7.11. The van der Waals surface area contributed by atoms with Crippen LogP contribution >= 0.6 is 11.6 Å². The van der Waals surface area contributed by atoms with Crippen molar-refractivity contribution in [3.8, 4) is 16.9 Å². The Balaban J connectivity index is 1.61. The number of benzene rings is 2. The number of aromatic nitrogens is 3. The second-order valence-corrected chi connectivity index (χ2v) is 8.06. The minimum absolute atomic E-state index is 0.102. The first kappa shape index (κ1) is 18.8. The molecule has 1 aliphatic rings. The first-order chi connectivity index (χ1) is 14.5. The standard InChI is InChI=1S/C24H20ClN3O2/c1-14-23(16-3-7-18(25)8-4-16)24-26-13-20-21(28(24)27-14)11-17(12-22(20)29)15-5-9-19(30-2)10-6-15/h3-10,13,17H,11-12H2,1-2H3/t17-/m0/s1. The largest absolute Gasteiger partial charge is 0.497 e. The molecule has 0 aliphatic heterocycles. The van der Waals surface area contributed by atoms with Crippen LogP contribution in [0.1, 0.15) is 39.6 Å². The number of nitrogens with zero attached hydrogens (tertiary/aromatic N) is 3. The number of hydrogen-bond acceptors (Lipinski definition) is 4. The van der Waals surface area contributed by atoms with Gasteiger partial charge in [-0.15, -0.1) is 0 Å². The van der Waals surface area contributed by atoms with E-state index >= 15 is 0 Å². The number of aryl methyl sites for hydroxylation is 1. The number of carbonyl (C=O) groups is 1. The third kappa shape index (κ3) is 3.06. The second kappa shape index (κ2) is 7.26. The van der Waals surface area contributed by atoms with E-state index in [2.05, 4.69) is 4.98 Å². The molecule has 1 atom stereocenters. The van der Waals surface area contributed by atoms with Gasteiger partial charge in [0, 0.05) is 23.2 Å². The van der Waals surface area contributed by atoms with Crippen LogP contribution in [0, 0.1) is 6.92 Å². The van der Waals surface area contributed by atoms with Crippen molar-refractivity contribution in [3.05, 3.63) is 82.3 Å². The normalized spacial score (nSPS) is 16.0. The maximum absolute atomic E-state index is 12.9. The summed E-state index contributed by atoms with van der Waals surface area (Å²) in [4.78, 5) is 17.5. The predicted molar refractivity (Wildman–Crippen MR) is 117 cm³/mol. The molecule has 2 heterocycles. The highest BCUT2D eigenvalue weighted by atomic mass is 35.5. The molecule has 0 amide bonds. The van der Waals surface area contributed by atoms with Gasteiger partial charge in [0.2, 0.25) is 0 Å². The van der Waals surface area contributed by atoms with Gasteiger partial charge in [-0.05, 0) is 54.7 Å². The molecule has 2 aromatic heterocycles. The topological polar surface area (TPSA) is 56.5 Å². The Morgan fingerprint density at radius 1 is 1.07 bits per heavy atom. The quantitative estimate of drug-likeness (QED) is 0.455. The summed E-state index contributed by atoms with van der Waals surface area (Å²) in [6.07, 6.45) is 2.90. The number of ketones is 1. The summed E-state index contributed by atoms with van der Waals surface area (Å²) in [6, 6.07) is 15.6. The van der Waals surface area contributed by atoms with Gasteiger partial charge in [-0.3, -0.25) is 4.79 Å². The average Bonchev–Trinajstić information content (AvgIpc) is 3.10. The van der Waals surface area contributed by atoms with Crippen molar-refractivity contribution in [1.29, 1.82) is 0 Å². The molecule has 6 heteroatoms. The van der Waals surface area contributed by atoms with Crippen LogP contribution in [0.3, 0.4) is 0 Å². The van der Waals surface area contributed by atoms with E-state index < -0.39 is 0 Å². The zero-order valence-electron chi connectivity index (χ0n) is 16.7. The van der Waals surface area contributed by atoms with Crippen LogP contribution in [0.2, 0.25) is 5.02 Å². The fourth-order valence-electron chi connectivity index (χ4n) is 4.27. The number of Topliss-reactive ketones (excluding diaryl/α,β-unsaturated/α-hetero) is 1. The van der Waals surface area contributed by atoms with Crippen molar-refractivity contribution in [1.82, 2.24) is 14.6 Å². The fraction of sp³-hybridized carbons (Fsp3) is 0.208. The van der Waals surface area contributed by atoms with Gasteiger partial charge >= 0.3 is 0 Å². The molecule has 0 bridgehead atoms. The molecule has 0 saturated carbocycles. The molecule has 150 valence electrons. The Bertz CT molecular complexity index is 1260. The Kier molecular flexibility index (Phi) is 4.55. The second-order valence-electron chi connectivity index (χ2n) is 7.62. The molecule has 0 fully saturated rings. The number of halogens is 1. The first-order valence-corrected chi connectivity index (χ1v) is 10.2. The molecule has 4 aromatic rings. The van der Waals surface area contributed by atoms with Crippen molar-refractivity contribution in [2.45, 2.75) is 25.7 Å². The van der Waals surface area contributed by atoms with Crippen LogP contribution in [0.4, 0.5) is 0 Å². The summed E-state index contributed by atoms with van der Waals surface area (Å²) in [5.41, 5.74) is 6.31. The molecular formula is C24H20ClN3O2. The van der Waals surface area contributed by atoms with Gasteiger partial charge in [0.1, 0.15) is 5.75 Å². The van der Waals surface area contributed by atoms with Crippen LogP contribution in [0.25, 0.3) is 16.8 Å². The zero-order chi connectivity index (χ0) is 20.8. The van der Waals surface area contributed by atoms with E-state index in [1.165, 1.54) is 0 Å². The maximum Gasteiger partial charge on any atom is 0.166 e. The Morgan fingerprint density at radius 2 is 1.80 bits per heavy atom. The highest BCUT2D eigenvalue weighted by molar-refractivity contribution is 6.30. The van der Waals surface area contributed by atoms with Gasteiger partial charge in [0.25, 0.3) is 0 Å². The van der Waals surface area contributed by atoms with E-state index in [9.17, 15) is 4.79 Å². The van der Waals surface area contributed by atoms with E-state index in [1.54, 1.807) is 13.3 Å². The minimum atomic E-state index is 0.102. The molecule has 5 rings (SSSR count). The Labute approximate surface area is 179 Å². The molecule has 0 N–H and O–H groups in total.